The number of benzene rings is 2. The Kier molecular flexibility index (Phi) is 6.23. The molecule has 0 fully saturated rings. The standard InChI is InChI=1S/C26H23FN8O4/c1-14-30-23(34-39-14)15-6-8-16(9-7-15)31-21(24-32-26(36)35(33-24)25-28-10-4-11-29-25)18-13-19(37-2)22-17(20(18)27)5-3-12-38-22/h4,6-11,13,21,31H,3,5,12H2,1-2H3,(H,32,33,36). The molecule has 0 radical (unpaired) electrons. The Labute approximate surface area is 220 Å². The van der Waals surface area contributed by atoms with E-state index >= 15 is 4.39 Å². The van der Waals surface area contributed by atoms with E-state index in [0.29, 0.717) is 53.9 Å². The van der Waals surface area contributed by atoms with Gasteiger partial charge in [0.25, 0.3) is 5.95 Å². The lowest BCUT2D eigenvalue weighted by molar-refractivity contribution is 0.264. The van der Waals surface area contributed by atoms with E-state index in [9.17, 15) is 4.79 Å². The van der Waals surface area contributed by atoms with Gasteiger partial charge in [-0.15, -0.1) is 9.78 Å². The fraction of sp³-hybridized carbons (Fsp3) is 0.231. The van der Waals surface area contributed by atoms with Crippen LogP contribution in [0.4, 0.5) is 10.1 Å². The van der Waals surface area contributed by atoms with Crippen LogP contribution in [0.1, 0.15) is 35.3 Å². The molecule has 1 atom stereocenters. The lowest BCUT2D eigenvalue weighted by Crippen LogP contribution is -2.19. The molecule has 0 bridgehead atoms. The lowest BCUT2D eigenvalue weighted by atomic mass is 9.96. The second kappa shape index (κ2) is 10.0. The van der Waals surface area contributed by atoms with Gasteiger partial charge >= 0.3 is 5.69 Å². The number of methoxy groups -OCH3 is 1. The van der Waals surface area contributed by atoms with E-state index in [1.165, 1.54) is 19.5 Å². The zero-order valence-corrected chi connectivity index (χ0v) is 21.0. The van der Waals surface area contributed by atoms with Crippen LogP contribution in [0.25, 0.3) is 17.3 Å². The van der Waals surface area contributed by atoms with Gasteiger partial charge in [-0.1, -0.05) is 5.16 Å². The first kappa shape index (κ1) is 24.3. The van der Waals surface area contributed by atoms with Gasteiger partial charge in [0.05, 0.1) is 13.7 Å². The van der Waals surface area contributed by atoms with Crippen molar-refractivity contribution >= 4 is 5.69 Å². The average Bonchev–Trinajstić information content (AvgIpc) is 3.58. The van der Waals surface area contributed by atoms with Crippen LogP contribution in [-0.4, -0.2) is 48.6 Å². The van der Waals surface area contributed by atoms with Gasteiger partial charge in [0.2, 0.25) is 11.7 Å². The molecule has 1 unspecified atom stereocenters. The van der Waals surface area contributed by atoms with Crippen molar-refractivity contribution in [2.24, 2.45) is 0 Å². The number of fused-ring (bicyclic) bond motifs is 1. The Hall–Kier alpha value is -5.07. The predicted molar refractivity (Wildman–Crippen MR) is 136 cm³/mol. The molecule has 0 spiro atoms. The maximum atomic E-state index is 16.1. The molecule has 6 rings (SSSR count). The van der Waals surface area contributed by atoms with Gasteiger partial charge in [0.15, 0.2) is 17.3 Å². The molecule has 12 nitrogen and oxygen atoms in total. The Morgan fingerprint density at radius 1 is 1.21 bits per heavy atom. The van der Waals surface area contributed by atoms with E-state index < -0.39 is 17.5 Å². The summed E-state index contributed by atoms with van der Waals surface area (Å²) < 4.78 is 33.4. The van der Waals surface area contributed by atoms with Gasteiger partial charge < -0.3 is 19.3 Å². The van der Waals surface area contributed by atoms with Crippen LogP contribution < -0.4 is 20.5 Å². The fourth-order valence-electron chi connectivity index (χ4n) is 4.46. The van der Waals surface area contributed by atoms with Crippen molar-refractivity contribution in [2.45, 2.75) is 25.8 Å². The highest BCUT2D eigenvalue weighted by atomic mass is 19.1. The summed E-state index contributed by atoms with van der Waals surface area (Å²) in [6, 6.07) is 9.47. The molecule has 0 saturated carbocycles. The predicted octanol–water partition coefficient (Wildman–Crippen LogP) is 3.38. The Morgan fingerprint density at radius 3 is 2.72 bits per heavy atom. The van der Waals surface area contributed by atoms with Crippen molar-refractivity contribution in [2.75, 3.05) is 19.0 Å². The lowest BCUT2D eigenvalue weighted by Gasteiger charge is -2.25. The number of hydrogen-bond acceptors (Lipinski definition) is 10. The van der Waals surface area contributed by atoms with Crippen LogP contribution in [-0.2, 0) is 6.42 Å². The summed E-state index contributed by atoms with van der Waals surface area (Å²) in [6.07, 6.45) is 4.15. The van der Waals surface area contributed by atoms with E-state index in [1.807, 2.05) is 0 Å². The molecule has 0 aliphatic carbocycles. The normalized spacial score (nSPS) is 13.4. The summed E-state index contributed by atoms with van der Waals surface area (Å²) in [4.78, 5) is 28.0. The number of nitrogens with one attached hydrogen (secondary N) is 2. The number of ether oxygens (including phenoxy) is 2. The van der Waals surface area contributed by atoms with Gasteiger partial charge in [0, 0.05) is 41.7 Å². The fourth-order valence-corrected chi connectivity index (χ4v) is 4.46. The largest absolute Gasteiger partial charge is 0.493 e. The second-order valence-electron chi connectivity index (χ2n) is 8.81. The number of nitrogens with zero attached hydrogens (tertiary/aromatic N) is 6. The summed E-state index contributed by atoms with van der Waals surface area (Å²) in [5.41, 5.74) is 1.44. The third-order valence-electron chi connectivity index (χ3n) is 6.28. The van der Waals surface area contributed by atoms with Gasteiger partial charge in [-0.05, 0) is 49.2 Å². The highest BCUT2D eigenvalue weighted by molar-refractivity contribution is 5.61. The van der Waals surface area contributed by atoms with Gasteiger partial charge in [-0.2, -0.15) is 4.98 Å². The smallest absolute Gasteiger partial charge is 0.350 e. The molecule has 0 amide bonds. The minimum Gasteiger partial charge on any atom is -0.493 e. The quantitative estimate of drug-likeness (QED) is 0.321. The third kappa shape index (κ3) is 4.58. The van der Waals surface area contributed by atoms with E-state index in [-0.39, 0.29) is 17.3 Å². The van der Waals surface area contributed by atoms with Crippen LogP contribution in [0.2, 0.25) is 0 Å². The van der Waals surface area contributed by atoms with Gasteiger partial charge in [0.1, 0.15) is 11.9 Å². The number of aromatic amines is 1. The van der Waals surface area contributed by atoms with Crippen molar-refractivity contribution < 1.29 is 18.4 Å². The van der Waals surface area contributed by atoms with Crippen LogP contribution in [0.3, 0.4) is 0 Å². The van der Waals surface area contributed by atoms with Crippen molar-refractivity contribution in [3.8, 4) is 28.8 Å². The molecule has 2 N–H and O–H groups in total. The topological polar surface area (TPSA) is 146 Å². The Balaban J connectivity index is 1.44. The first-order chi connectivity index (χ1) is 19.0. The molecule has 5 aromatic rings. The molecular weight excluding hydrogens is 507 g/mol. The number of rotatable bonds is 7. The zero-order valence-electron chi connectivity index (χ0n) is 21.0. The van der Waals surface area contributed by atoms with Crippen molar-refractivity contribution in [3.63, 3.8) is 0 Å². The molecule has 13 heteroatoms. The molecule has 2 aromatic carbocycles. The van der Waals surface area contributed by atoms with E-state index in [2.05, 4.69) is 35.5 Å². The van der Waals surface area contributed by atoms with E-state index in [0.717, 1.165) is 10.2 Å². The van der Waals surface area contributed by atoms with Crippen LogP contribution in [0.15, 0.2) is 58.1 Å². The highest BCUT2D eigenvalue weighted by Gasteiger charge is 2.30. The number of anilines is 1. The van der Waals surface area contributed by atoms with Crippen molar-refractivity contribution in [3.05, 3.63) is 87.9 Å². The molecule has 4 heterocycles. The van der Waals surface area contributed by atoms with Crippen LogP contribution in [0, 0.1) is 12.7 Å². The Morgan fingerprint density at radius 2 is 2.00 bits per heavy atom. The maximum absolute atomic E-state index is 16.1. The summed E-state index contributed by atoms with van der Waals surface area (Å²) in [5, 5.41) is 11.7. The highest BCUT2D eigenvalue weighted by Crippen LogP contribution is 2.41. The molecule has 198 valence electrons. The molecule has 0 saturated heterocycles. The molecule has 1 aliphatic rings. The average molecular weight is 531 g/mol. The van der Waals surface area contributed by atoms with Crippen LogP contribution >= 0.6 is 0 Å². The van der Waals surface area contributed by atoms with Crippen molar-refractivity contribution in [1.29, 1.82) is 0 Å². The number of halogens is 1. The number of aryl methyl sites for hydroxylation is 1. The molecule has 39 heavy (non-hydrogen) atoms. The number of aromatic nitrogens is 7. The third-order valence-corrected chi connectivity index (χ3v) is 6.28. The van der Waals surface area contributed by atoms with Gasteiger partial charge in [-0.25, -0.2) is 19.2 Å². The minimum atomic E-state index is -0.915. The zero-order chi connectivity index (χ0) is 26.9. The number of H-pyrrole nitrogens is 1. The second-order valence-corrected chi connectivity index (χ2v) is 8.81. The van der Waals surface area contributed by atoms with Gasteiger partial charge in [-0.3, -0.25) is 4.98 Å². The van der Waals surface area contributed by atoms with E-state index in [1.54, 1.807) is 43.3 Å². The first-order valence-electron chi connectivity index (χ1n) is 12.2. The van der Waals surface area contributed by atoms with E-state index in [4.69, 9.17) is 14.0 Å². The van der Waals surface area contributed by atoms with Crippen molar-refractivity contribution in [1.82, 2.24) is 34.9 Å². The Bertz CT molecular complexity index is 1680. The molecular formula is C26H23FN8O4. The SMILES string of the molecule is COc1cc(C(Nc2ccc(-c3noc(C)n3)cc2)c2nn(-c3ncccn3)c(=O)[nH]2)c(F)c2c1OCCC2. The first-order valence-corrected chi connectivity index (χ1v) is 12.2. The van der Waals surface area contributed by atoms with Crippen LogP contribution in [0.5, 0.6) is 11.5 Å². The molecule has 3 aromatic heterocycles. The monoisotopic (exact) mass is 530 g/mol. The maximum Gasteiger partial charge on any atom is 0.350 e. The summed E-state index contributed by atoms with van der Waals surface area (Å²) >= 11 is 0. The number of hydrogen-bond donors (Lipinski definition) is 2. The summed E-state index contributed by atoms with van der Waals surface area (Å²) in [7, 11) is 1.50. The summed E-state index contributed by atoms with van der Waals surface area (Å²) in [6.45, 7) is 2.19. The molecule has 1 aliphatic heterocycles. The summed E-state index contributed by atoms with van der Waals surface area (Å²) in [5.74, 6) is 1.46. The minimum absolute atomic E-state index is 0.0837.